The fraction of sp³-hybridized carbons (Fsp3) is 0.500. The minimum atomic E-state index is -0.420. The first-order valence-corrected chi connectivity index (χ1v) is 8.35. The molecule has 0 atom stereocenters. The molecule has 22 heavy (non-hydrogen) atoms. The second-order valence-electron chi connectivity index (χ2n) is 6.80. The fourth-order valence-corrected chi connectivity index (χ4v) is 4.87. The molecule has 4 saturated heterocycles. The van der Waals surface area contributed by atoms with Gasteiger partial charge in [-0.25, -0.2) is 19.1 Å². The van der Waals surface area contributed by atoms with Gasteiger partial charge in [-0.05, 0) is 30.4 Å². The van der Waals surface area contributed by atoms with Crippen LogP contribution in [0, 0.1) is 5.82 Å². The van der Waals surface area contributed by atoms with E-state index in [0.29, 0.717) is 10.8 Å². The predicted molar refractivity (Wildman–Crippen MR) is 85.6 cm³/mol. The van der Waals surface area contributed by atoms with Crippen LogP contribution in [0.1, 0.15) is 0 Å². The van der Waals surface area contributed by atoms with E-state index in [-0.39, 0.29) is 10.6 Å². The summed E-state index contributed by atoms with van der Waals surface area (Å²) in [5.41, 5.74) is 0.782. The molecule has 0 amide bonds. The summed E-state index contributed by atoms with van der Waals surface area (Å²) in [6.45, 7) is 7.02. The number of rotatable bonds is 2. The van der Waals surface area contributed by atoms with Crippen molar-refractivity contribution in [1.82, 2.24) is 5.32 Å². The van der Waals surface area contributed by atoms with Crippen LogP contribution >= 0.6 is 23.8 Å². The van der Waals surface area contributed by atoms with E-state index in [0.717, 1.165) is 19.6 Å². The van der Waals surface area contributed by atoms with Gasteiger partial charge >= 0.3 is 0 Å². The fourth-order valence-electron chi connectivity index (χ4n) is 4.36. The van der Waals surface area contributed by atoms with E-state index in [1.54, 1.807) is 26.8 Å². The predicted octanol–water partition coefficient (Wildman–Crippen LogP) is -2.93. The molecule has 5 nitrogen and oxygen atoms in total. The summed E-state index contributed by atoms with van der Waals surface area (Å²) in [5, 5.41) is 7.34. The van der Waals surface area contributed by atoms with E-state index >= 15 is 0 Å². The SMILES string of the molecule is Fc1ccc(NC(=S)NC23C[NH+]4C[NH+](C[NH+](C4)C2)C3)cc1Cl. The molecule has 0 aromatic heterocycles. The van der Waals surface area contributed by atoms with Crippen molar-refractivity contribution in [3.05, 3.63) is 29.0 Å². The number of quaternary nitrogens is 3. The summed E-state index contributed by atoms with van der Waals surface area (Å²) in [6, 6.07) is 4.55. The molecule has 0 spiro atoms. The van der Waals surface area contributed by atoms with Gasteiger partial charge in [0.1, 0.15) is 25.5 Å². The summed E-state index contributed by atoms with van der Waals surface area (Å²) < 4.78 is 13.2. The van der Waals surface area contributed by atoms with Gasteiger partial charge in [-0.2, -0.15) is 0 Å². The topological polar surface area (TPSA) is 37.4 Å². The molecule has 4 aliphatic rings. The summed E-state index contributed by atoms with van der Waals surface area (Å²) >= 11 is 11.3. The third kappa shape index (κ3) is 2.68. The highest BCUT2D eigenvalue weighted by Crippen LogP contribution is 2.19. The van der Waals surface area contributed by atoms with Crippen LogP contribution in [0.15, 0.2) is 18.2 Å². The number of halogens is 2. The number of nitrogens with one attached hydrogen (secondary N) is 5. The zero-order valence-electron chi connectivity index (χ0n) is 12.1. The molecule has 0 aliphatic carbocycles. The molecule has 5 N–H and O–H groups in total. The monoisotopic (exact) mass is 344 g/mol. The van der Waals surface area contributed by atoms with Gasteiger partial charge in [0, 0.05) is 5.69 Å². The van der Waals surface area contributed by atoms with Crippen molar-refractivity contribution in [3.63, 3.8) is 0 Å². The molecule has 4 heterocycles. The van der Waals surface area contributed by atoms with Crippen LogP contribution in [0.2, 0.25) is 5.02 Å². The Morgan fingerprint density at radius 1 is 1.14 bits per heavy atom. The maximum Gasteiger partial charge on any atom is 0.213 e. The van der Waals surface area contributed by atoms with Crippen molar-refractivity contribution in [2.45, 2.75) is 5.54 Å². The summed E-state index contributed by atoms with van der Waals surface area (Å²) in [4.78, 5) is 4.94. The first-order valence-electron chi connectivity index (χ1n) is 7.56. The van der Waals surface area contributed by atoms with Gasteiger partial charge in [-0.3, -0.25) is 0 Å². The zero-order valence-corrected chi connectivity index (χ0v) is 13.7. The van der Waals surface area contributed by atoms with Crippen LogP contribution < -0.4 is 25.3 Å². The summed E-state index contributed by atoms with van der Waals surface area (Å²) in [6.07, 6.45) is 0. The molecule has 1 aromatic carbocycles. The lowest BCUT2D eigenvalue weighted by atomic mass is 9.91. The van der Waals surface area contributed by atoms with E-state index in [1.807, 2.05) is 0 Å². The highest BCUT2D eigenvalue weighted by atomic mass is 35.5. The summed E-state index contributed by atoms with van der Waals surface area (Å²) in [5.74, 6) is -0.420. The van der Waals surface area contributed by atoms with Crippen molar-refractivity contribution in [2.24, 2.45) is 0 Å². The van der Waals surface area contributed by atoms with Crippen molar-refractivity contribution < 1.29 is 19.1 Å². The number of hydrogen-bond acceptors (Lipinski definition) is 1. The van der Waals surface area contributed by atoms with Crippen LogP contribution in [0.25, 0.3) is 0 Å². The van der Waals surface area contributed by atoms with Gasteiger partial charge in [0.2, 0.25) is 20.0 Å². The third-order valence-electron chi connectivity index (χ3n) is 4.82. The van der Waals surface area contributed by atoms with E-state index in [1.165, 1.54) is 26.1 Å². The Labute approximate surface area is 139 Å². The lowest BCUT2D eigenvalue weighted by Gasteiger charge is -2.52. The second kappa shape index (κ2) is 5.28. The Balaban J connectivity index is 1.44. The largest absolute Gasteiger partial charge is 0.342 e. The normalized spacial score (nSPS) is 35.5. The summed E-state index contributed by atoms with van der Waals surface area (Å²) in [7, 11) is 0. The zero-order chi connectivity index (χ0) is 15.3. The number of hydrogen-bond donors (Lipinski definition) is 5. The van der Waals surface area contributed by atoms with Crippen molar-refractivity contribution in [1.29, 1.82) is 0 Å². The van der Waals surface area contributed by atoms with Gasteiger partial charge in [-0.15, -0.1) is 0 Å². The molecular formula is C14H20ClFN5S+3. The molecule has 5 rings (SSSR count). The Hall–Kier alpha value is -0.990. The molecule has 4 aliphatic heterocycles. The molecule has 0 saturated carbocycles. The lowest BCUT2D eigenvalue weighted by molar-refractivity contribution is -1.29. The smallest absolute Gasteiger partial charge is 0.213 e. The molecule has 118 valence electrons. The number of thiocarbonyl (C=S) groups is 1. The van der Waals surface area contributed by atoms with E-state index in [9.17, 15) is 4.39 Å². The van der Waals surface area contributed by atoms with Crippen LogP contribution in [0.4, 0.5) is 10.1 Å². The highest BCUT2D eigenvalue weighted by Gasteiger charge is 2.57. The van der Waals surface area contributed by atoms with Gasteiger partial charge in [-0.1, -0.05) is 11.6 Å². The van der Waals surface area contributed by atoms with Crippen molar-refractivity contribution in [2.75, 3.05) is 45.0 Å². The first kappa shape index (κ1) is 14.6. The van der Waals surface area contributed by atoms with Crippen LogP contribution in [0.3, 0.4) is 0 Å². The quantitative estimate of drug-likeness (QED) is 0.373. The van der Waals surface area contributed by atoms with Crippen LogP contribution in [-0.2, 0) is 0 Å². The molecule has 4 fully saturated rings. The molecule has 8 heteroatoms. The number of benzene rings is 1. The molecule has 4 bridgehead atoms. The Kier molecular flexibility index (Phi) is 3.50. The van der Waals surface area contributed by atoms with Gasteiger partial charge in [0.05, 0.1) is 5.02 Å². The second-order valence-corrected chi connectivity index (χ2v) is 7.61. The van der Waals surface area contributed by atoms with E-state index < -0.39 is 5.82 Å². The average Bonchev–Trinajstić information content (AvgIpc) is 2.40. The molecule has 1 aromatic rings. The van der Waals surface area contributed by atoms with Crippen molar-refractivity contribution >= 4 is 34.6 Å². The molecule has 0 unspecified atom stereocenters. The number of anilines is 1. The van der Waals surface area contributed by atoms with Crippen molar-refractivity contribution in [3.8, 4) is 0 Å². The Bertz CT molecular complexity index is 590. The lowest BCUT2D eigenvalue weighted by Crippen LogP contribution is -3.56. The maximum absolute atomic E-state index is 13.2. The minimum absolute atomic E-state index is 0.0721. The molecular weight excluding hydrogens is 325 g/mol. The van der Waals surface area contributed by atoms with Gasteiger partial charge in [0.15, 0.2) is 10.7 Å². The van der Waals surface area contributed by atoms with Gasteiger partial charge in [0.25, 0.3) is 0 Å². The van der Waals surface area contributed by atoms with E-state index in [4.69, 9.17) is 23.8 Å². The minimum Gasteiger partial charge on any atom is -0.342 e. The Morgan fingerprint density at radius 2 is 1.73 bits per heavy atom. The Morgan fingerprint density at radius 3 is 2.27 bits per heavy atom. The van der Waals surface area contributed by atoms with Crippen LogP contribution in [-0.4, -0.2) is 50.3 Å². The highest BCUT2D eigenvalue weighted by molar-refractivity contribution is 7.80. The maximum atomic E-state index is 13.2. The van der Waals surface area contributed by atoms with Crippen LogP contribution in [0.5, 0.6) is 0 Å². The third-order valence-corrected chi connectivity index (χ3v) is 5.32. The first-order chi connectivity index (χ1) is 10.5. The standard InChI is InChI=1S/C14H17ClFN5S/c15-11-3-10(1-2-12(11)16)17-13(22)18-14-4-19-7-20(5-14)9-21(6-14)8-19/h1-3H,4-9H2,(H2,17,18,22)/p+3. The average molecular weight is 345 g/mol. The molecule has 0 radical (unpaired) electrons. The van der Waals surface area contributed by atoms with Gasteiger partial charge < -0.3 is 10.6 Å². The van der Waals surface area contributed by atoms with E-state index in [2.05, 4.69) is 10.6 Å².